The Kier molecular flexibility index (Phi) is 4.31. The van der Waals surface area contributed by atoms with Gasteiger partial charge in [-0.15, -0.1) is 11.8 Å². The molecule has 1 heterocycles. The summed E-state index contributed by atoms with van der Waals surface area (Å²) >= 11 is 7.73. The highest BCUT2D eigenvalue weighted by molar-refractivity contribution is 7.99. The van der Waals surface area contributed by atoms with Gasteiger partial charge in [-0.3, -0.25) is 0 Å². The summed E-state index contributed by atoms with van der Waals surface area (Å²) in [6.07, 6.45) is -0.254. The Morgan fingerprint density at radius 1 is 1.42 bits per heavy atom. The first-order valence-electron chi connectivity index (χ1n) is 6.24. The van der Waals surface area contributed by atoms with Crippen LogP contribution in [0.3, 0.4) is 0 Å². The number of thioether (sulfide) groups is 1. The number of fused-ring (bicyclic) bond motifs is 1. The predicted molar refractivity (Wildman–Crippen MR) is 78.8 cm³/mol. The van der Waals surface area contributed by atoms with E-state index < -0.39 is 5.60 Å². The van der Waals surface area contributed by atoms with E-state index in [1.807, 2.05) is 39.0 Å². The molecule has 5 heteroatoms. The maximum absolute atomic E-state index is 12.1. The fraction of sp³-hybridized carbons (Fsp3) is 0.500. The topological polar surface area (TPSA) is 29.5 Å². The summed E-state index contributed by atoms with van der Waals surface area (Å²) in [5.74, 6) is 0.854. The normalized spacial score (nSPS) is 15.7. The van der Waals surface area contributed by atoms with E-state index in [2.05, 4.69) is 0 Å². The molecule has 1 aliphatic heterocycles. The van der Waals surface area contributed by atoms with Gasteiger partial charge in [0.15, 0.2) is 0 Å². The lowest BCUT2D eigenvalue weighted by atomic mass is 10.2. The second-order valence-electron chi connectivity index (χ2n) is 5.50. The van der Waals surface area contributed by atoms with Crippen molar-refractivity contribution in [1.82, 2.24) is 4.90 Å². The first-order chi connectivity index (χ1) is 8.85. The lowest BCUT2D eigenvalue weighted by Gasteiger charge is -2.26. The second-order valence-corrected chi connectivity index (χ2v) is 7.08. The minimum atomic E-state index is -0.459. The minimum absolute atomic E-state index is 0.254. The molecule has 3 nitrogen and oxygen atoms in total. The van der Waals surface area contributed by atoms with Crippen molar-refractivity contribution in [2.45, 2.75) is 37.8 Å². The molecule has 104 valence electrons. The number of ether oxygens (including phenoxy) is 1. The largest absolute Gasteiger partial charge is 0.444 e. The third kappa shape index (κ3) is 4.05. The summed E-state index contributed by atoms with van der Waals surface area (Å²) in [4.78, 5) is 15.0. The average Bonchev–Trinajstić information content (AvgIpc) is 2.48. The summed E-state index contributed by atoms with van der Waals surface area (Å²) in [5, 5.41) is 0.733. The van der Waals surface area contributed by atoms with Gasteiger partial charge < -0.3 is 9.64 Å². The Balaban J connectivity index is 2.13. The number of amides is 1. The number of hydrogen-bond donors (Lipinski definition) is 0. The zero-order chi connectivity index (χ0) is 14.0. The molecule has 1 aromatic rings. The number of benzene rings is 1. The molecule has 2 rings (SSSR count). The fourth-order valence-electron chi connectivity index (χ4n) is 1.83. The van der Waals surface area contributed by atoms with Crippen LogP contribution in [0.25, 0.3) is 0 Å². The number of nitrogens with zero attached hydrogens (tertiary/aromatic N) is 1. The molecule has 0 aromatic heterocycles. The maximum atomic E-state index is 12.1. The highest BCUT2D eigenvalue weighted by atomic mass is 35.5. The highest BCUT2D eigenvalue weighted by Crippen LogP contribution is 2.30. The van der Waals surface area contributed by atoms with Gasteiger partial charge >= 0.3 is 6.09 Å². The number of carbonyl (C=O) groups is 1. The molecule has 0 unspecified atom stereocenters. The lowest BCUT2D eigenvalue weighted by molar-refractivity contribution is 0.0247. The van der Waals surface area contributed by atoms with Gasteiger partial charge in [0.05, 0.1) is 6.54 Å². The number of carbonyl (C=O) groups excluding carboxylic acids is 1. The molecule has 0 atom stereocenters. The molecule has 0 saturated heterocycles. The zero-order valence-electron chi connectivity index (χ0n) is 11.4. The maximum Gasteiger partial charge on any atom is 0.410 e. The molecule has 1 aromatic carbocycles. The van der Waals surface area contributed by atoms with E-state index in [0.717, 1.165) is 21.2 Å². The summed E-state index contributed by atoms with van der Waals surface area (Å²) in [5.41, 5.74) is 0.664. The Hall–Kier alpha value is -0.870. The standard InChI is InChI=1S/C14H18ClNO2S/c1-14(2,3)18-13(17)16-6-7-19-12-8-11(15)5-4-10(12)9-16/h4-5,8H,6-7,9H2,1-3H3. The molecular formula is C14H18ClNO2S. The Morgan fingerprint density at radius 2 is 2.16 bits per heavy atom. The van der Waals surface area contributed by atoms with Crippen LogP contribution in [0.4, 0.5) is 4.79 Å². The van der Waals surface area contributed by atoms with E-state index in [1.165, 1.54) is 0 Å². The Labute approximate surface area is 123 Å². The molecule has 0 radical (unpaired) electrons. The second kappa shape index (κ2) is 5.63. The summed E-state index contributed by atoms with van der Waals surface area (Å²) < 4.78 is 5.42. The van der Waals surface area contributed by atoms with E-state index in [9.17, 15) is 4.79 Å². The van der Waals surface area contributed by atoms with Crippen LogP contribution in [0.5, 0.6) is 0 Å². The van der Waals surface area contributed by atoms with Gasteiger partial charge in [-0.2, -0.15) is 0 Å². The molecule has 0 spiro atoms. The molecule has 0 N–H and O–H groups in total. The lowest BCUT2D eigenvalue weighted by Crippen LogP contribution is -2.37. The monoisotopic (exact) mass is 299 g/mol. The molecule has 0 saturated carbocycles. The van der Waals surface area contributed by atoms with Crippen LogP contribution < -0.4 is 0 Å². The van der Waals surface area contributed by atoms with Crippen molar-refractivity contribution in [3.8, 4) is 0 Å². The molecule has 1 amide bonds. The van der Waals surface area contributed by atoms with E-state index in [0.29, 0.717) is 13.1 Å². The van der Waals surface area contributed by atoms with Crippen LogP contribution >= 0.6 is 23.4 Å². The zero-order valence-corrected chi connectivity index (χ0v) is 13.0. The first-order valence-corrected chi connectivity index (χ1v) is 7.61. The number of rotatable bonds is 0. The predicted octanol–water partition coefficient (Wildman–Crippen LogP) is 4.18. The summed E-state index contributed by atoms with van der Waals surface area (Å²) in [6.45, 7) is 6.90. The van der Waals surface area contributed by atoms with Crippen LogP contribution in [0, 0.1) is 0 Å². The van der Waals surface area contributed by atoms with Crippen molar-refractivity contribution in [2.75, 3.05) is 12.3 Å². The van der Waals surface area contributed by atoms with E-state index in [-0.39, 0.29) is 6.09 Å². The Morgan fingerprint density at radius 3 is 2.84 bits per heavy atom. The van der Waals surface area contributed by atoms with Gasteiger partial charge in [0, 0.05) is 22.2 Å². The number of hydrogen-bond acceptors (Lipinski definition) is 3. The highest BCUT2D eigenvalue weighted by Gasteiger charge is 2.24. The van der Waals surface area contributed by atoms with E-state index in [1.54, 1.807) is 16.7 Å². The van der Waals surface area contributed by atoms with Crippen LogP contribution in [0.1, 0.15) is 26.3 Å². The van der Waals surface area contributed by atoms with Crippen molar-refractivity contribution in [3.63, 3.8) is 0 Å². The van der Waals surface area contributed by atoms with Gasteiger partial charge in [-0.05, 0) is 38.5 Å². The van der Waals surface area contributed by atoms with Gasteiger partial charge in [0.1, 0.15) is 5.60 Å². The number of halogens is 1. The van der Waals surface area contributed by atoms with Gasteiger partial charge in [0.25, 0.3) is 0 Å². The average molecular weight is 300 g/mol. The van der Waals surface area contributed by atoms with E-state index >= 15 is 0 Å². The van der Waals surface area contributed by atoms with Crippen LogP contribution in [0.2, 0.25) is 5.02 Å². The van der Waals surface area contributed by atoms with Crippen molar-refractivity contribution in [3.05, 3.63) is 28.8 Å². The molecule has 0 fully saturated rings. The first kappa shape index (κ1) is 14.5. The minimum Gasteiger partial charge on any atom is -0.444 e. The molecule has 19 heavy (non-hydrogen) atoms. The third-order valence-corrected chi connectivity index (χ3v) is 3.97. The van der Waals surface area contributed by atoms with Crippen molar-refractivity contribution in [1.29, 1.82) is 0 Å². The smallest absolute Gasteiger partial charge is 0.410 e. The summed E-state index contributed by atoms with van der Waals surface area (Å²) in [7, 11) is 0. The van der Waals surface area contributed by atoms with Crippen molar-refractivity contribution in [2.24, 2.45) is 0 Å². The Bertz CT molecular complexity index is 485. The quantitative estimate of drug-likeness (QED) is 0.719. The van der Waals surface area contributed by atoms with Crippen LogP contribution in [-0.4, -0.2) is 28.9 Å². The van der Waals surface area contributed by atoms with Gasteiger partial charge in [0.2, 0.25) is 0 Å². The molecule has 0 bridgehead atoms. The molecular weight excluding hydrogens is 282 g/mol. The molecule has 1 aliphatic rings. The van der Waals surface area contributed by atoms with E-state index in [4.69, 9.17) is 16.3 Å². The fourth-order valence-corrected chi connectivity index (χ4v) is 3.12. The SMILES string of the molecule is CC(C)(C)OC(=O)N1CCSc2cc(Cl)ccc2C1. The van der Waals surface area contributed by atoms with Gasteiger partial charge in [-0.1, -0.05) is 17.7 Å². The van der Waals surface area contributed by atoms with Crippen molar-refractivity contribution >= 4 is 29.5 Å². The van der Waals surface area contributed by atoms with Crippen LogP contribution in [-0.2, 0) is 11.3 Å². The third-order valence-electron chi connectivity index (χ3n) is 2.66. The van der Waals surface area contributed by atoms with Crippen LogP contribution in [0.15, 0.2) is 23.1 Å². The van der Waals surface area contributed by atoms with Crippen molar-refractivity contribution < 1.29 is 9.53 Å². The van der Waals surface area contributed by atoms with Gasteiger partial charge in [-0.25, -0.2) is 4.79 Å². The summed E-state index contributed by atoms with van der Waals surface area (Å²) in [6, 6.07) is 5.80. The molecule has 0 aliphatic carbocycles.